The molecule has 0 amide bonds. The monoisotopic (exact) mass is 305 g/mol. The van der Waals surface area contributed by atoms with E-state index < -0.39 is 0 Å². The predicted octanol–water partition coefficient (Wildman–Crippen LogP) is 2.23. The molecule has 2 heterocycles. The second-order valence-electron chi connectivity index (χ2n) is 5.41. The van der Waals surface area contributed by atoms with E-state index in [1.807, 2.05) is 35.1 Å². The van der Waals surface area contributed by atoms with E-state index in [4.69, 9.17) is 10.3 Å². The van der Waals surface area contributed by atoms with E-state index in [0.717, 1.165) is 30.2 Å². The molecule has 2 aromatic heterocycles. The number of halogens is 1. The molecule has 0 spiro atoms. The Morgan fingerprint density at radius 2 is 2.10 bits per heavy atom. The van der Waals surface area contributed by atoms with Gasteiger partial charge in [-0.05, 0) is 25.3 Å². The third kappa shape index (κ3) is 2.41. The van der Waals surface area contributed by atoms with E-state index in [1.165, 1.54) is 0 Å². The van der Waals surface area contributed by atoms with Crippen LogP contribution in [0.2, 0.25) is 0 Å². The van der Waals surface area contributed by atoms with Crippen LogP contribution >= 0.6 is 12.4 Å². The van der Waals surface area contributed by atoms with Crippen LogP contribution in [0.25, 0.3) is 10.9 Å². The Hall–Kier alpha value is -1.92. The second-order valence-corrected chi connectivity index (χ2v) is 5.41. The molecule has 1 aromatic carbocycles. The first kappa shape index (κ1) is 14.0. The summed E-state index contributed by atoms with van der Waals surface area (Å²) in [5.41, 5.74) is 6.77. The summed E-state index contributed by atoms with van der Waals surface area (Å²) in [5, 5.41) is 9.58. The number of fused-ring (bicyclic) bond motifs is 1. The van der Waals surface area contributed by atoms with Gasteiger partial charge in [-0.2, -0.15) is 10.1 Å². The van der Waals surface area contributed by atoms with Gasteiger partial charge in [-0.3, -0.25) is 4.68 Å². The summed E-state index contributed by atoms with van der Waals surface area (Å²) in [6.45, 7) is 0.470. The average molecular weight is 306 g/mol. The molecular formula is C14H16ClN5O. The molecule has 1 aliphatic rings. The zero-order valence-electron chi connectivity index (χ0n) is 11.4. The Bertz CT molecular complexity index is 728. The molecule has 1 fully saturated rings. The van der Waals surface area contributed by atoms with Crippen LogP contribution in [0.4, 0.5) is 0 Å². The van der Waals surface area contributed by atoms with Crippen LogP contribution in [0, 0.1) is 0 Å². The lowest BCUT2D eigenvalue weighted by Gasteiger charge is -2.34. The van der Waals surface area contributed by atoms with Crippen LogP contribution in [0.3, 0.4) is 0 Å². The molecule has 0 radical (unpaired) electrons. The van der Waals surface area contributed by atoms with Crippen molar-refractivity contribution in [1.82, 2.24) is 19.9 Å². The number of aromatic nitrogens is 4. The Kier molecular flexibility index (Phi) is 3.43. The minimum Gasteiger partial charge on any atom is -0.337 e. The minimum atomic E-state index is -0.378. The Labute approximate surface area is 127 Å². The fraction of sp³-hybridized carbons (Fsp3) is 0.357. The summed E-state index contributed by atoms with van der Waals surface area (Å²) < 4.78 is 7.10. The highest BCUT2D eigenvalue weighted by Gasteiger charge is 2.38. The van der Waals surface area contributed by atoms with Crippen LogP contribution in [0.1, 0.15) is 31.0 Å². The topological polar surface area (TPSA) is 82.8 Å². The third-order valence-corrected chi connectivity index (χ3v) is 3.92. The van der Waals surface area contributed by atoms with Crippen LogP contribution in [0.15, 0.2) is 35.0 Å². The predicted molar refractivity (Wildman–Crippen MR) is 80.1 cm³/mol. The Balaban J connectivity index is 0.00000132. The number of nitrogens with zero attached hydrogens (tertiary/aromatic N) is 4. The number of hydrogen-bond acceptors (Lipinski definition) is 5. The lowest BCUT2D eigenvalue weighted by molar-refractivity contribution is 0.228. The van der Waals surface area contributed by atoms with E-state index in [9.17, 15) is 0 Å². The molecule has 0 unspecified atom stereocenters. The fourth-order valence-electron chi connectivity index (χ4n) is 2.54. The largest absolute Gasteiger partial charge is 0.337 e. The van der Waals surface area contributed by atoms with Gasteiger partial charge >= 0.3 is 0 Å². The smallest absolute Gasteiger partial charge is 0.248 e. The number of hydrogen-bond donors (Lipinski definition) is 1. The van der Waals surface area contributed by atoms with E-state index in [0.29, 0.717) is 18.3 Å². The average Bonchev–Trinajstić information content (AvgIpc) is 3.02. The molecule has 21 heavy (non-hydrogen) atoms. The standard InChI is InChI=1S/C14H15N5O.ClH/c15-14(6-3-7-14)13-16-12(20-18-13)9-19-8-10-4-1-2-5-11(10)17-19;/h1-2,4-5,8H,3,6-7,9,15H2;1H. The van der Waals surface area contributed by atoms with Crippen molar-refractivity contribution in [3.05, 3.63) is 42.2 Å². The Morgan fingerprint density at radius 3 is 2.81 bits per heavy atom. The fourth-order valence-corrected chi connectivity index (χ4v) is 2.54. The van der Waals surface area contributed by atoms with Crippen molar-refractivity contribution >= 4 is 23.3 Å². The molecule has 4 rings (SSSR count). The van der Waals surface area contributed by atoms with E-state index in [1.54, 1.807) is 0 Å². The molecule has 3 aromatic rings. The first-order chi connectivity index (χ1) is 9.73. The molecule has 2 N–H and O–H groups in total. The van der Waals surface area contributed by atoms with Crippen molar-refractivity contribution in [3.8, 4) is 0 Å². The summed E-state index contributed by atoms with van der Waals surface area (Å²) in [7, 11) is 0. The maximum Gasteiger partial charge on any atom is 0.248 e. The number of benzene rings is 1. The van der Waals surface area contributed by atoms with Crippen molar-refractivity contribution in [1.29, 1.82) is 0 Å². The van der Waals surface area contributed by atoms with Gasteiger partial charge in [-0.1, -0.05) is 23.4 Å². The SMILES string of the molecule is Cl.NC1(c2noc(Cn3cc4ccccc4n3)n2)CCC1. The molecule has 0 atom stereocenters. The molecule has 6 nitrogen and oxygen atoms in total. The number of rotatable bonds is 3. The highest BCUT2D eigenvalue weighted by molar-refractivity contribution is 5.85. The van der Waals surface area contributed by atoms with Gasteiger partial charge in [0, 0.05) is 11.6 Å². The zero-order chi connectivity index (χ0) is 13.6. The van der Waals surface area contributed by atoms with Crippen LogP contribution in [0.5, 0.6) is 0 Å². The highest BCUT2D eigenvalue weighted by atomic mass is 35.5. The quantitative estimate of drug-likeness (QED) is 0.802. The second kappa shape index (κ2) is 5.13. The lowest BCUT2D eigenvalue weighted by Crippen LogP contribution is -2.44. The molecule has 1 aliphatic carbocycles. The molecule has 110 valence electrons. The van der Waals surface area contributed by atoms with Crippen molar-refractivity contribution in [2.45, 2.75) is 31.3 Å². The van der Waals surface area contributed by atoms with Gasteiger partial charge in [-0.25, -0.2) is 0 Å². The van der Waals surface area contributed by atoms with Crippen LogP contribution in [-0.4, -0.2) is 19.9 Å². The van der Waals surface area contributed by atoms with Crippen molar-refractivity contribution in [2.75, 3.05) is 0 Å². The normalized spacial score (nSPS) is 16.4. The first-order valence-corrected chi connectivity index (χ1v) is 6.77. The minimum absolute atomic E-state index is 0. The van der Waals surface area contributed by atoms with Gasteiger partial charge in [-0.15, -0.1) is 12.4 Å². The molecule has 0 aliphatic heterocycles. The number of nitrogens with two attached hydrogens (primary N) is 1. The highest BCUT2D eigenvalue weighted by Crippen LogP contribution is 2.36. The zero-order valence-corrected chi connectivity index (χ0v) is 12.2. The van der Waals surface area contributed by atoms with Crippen molar-refractivity contribution in [2.24, 2.45) is 5.73 Å². The van der Waals surface area contributed by atoms with E-state index in [2.05, 4.69) is 15.2 Å². The van der Waals surface area contributed by atoms with Crippen LogP contribution < -0.4 is 5.73 Å². The summed E-state index contributed by atoms with van der Waals surface area (Å²) in [6, 6.07) is 7.98. The van der Waals surface area contributed by atoms with Gasteiger partial charge in [0.2, 0.25) is 5.89 Å². The third-order valence-electron chi connectivity index (χ3n) is 3.92. The first-order valence-electron chi connectivity index (χ1n) is 6.77. The van der Waals surface area contributed by atoms with Crippen LogP contribution in [-0.2, 0) is 12.1 Å². The molecule has 0 saturated heterocycles. The van der Waals surface area contributed by atoms with Crippen molar-refractivity contribution in [3.63, 3.8) is 0 Å². The summed E-state index contributed by atoms with van der Waals surface area (Å²) in [5.74, 6) is 1.17. The summed E-state index contributed by atoms with van der Waals surface area (Å²) in [6.07, 6.45) is 4.96. The maximum atomic E-state index is 6.18. The van der Waals surface area contributed by atoms with Gasteiger partial charge in [0.05, 0.1) is 11.1 Å². The van der Waals surface area contributed by atoms with Gasteiger partial charge < -0.3 is 10.3 Å². The molecule has 7 heteroatoms. The summed E-state index contributed by atoms with van der Waals surface area (Å²) >= 11 is 0. The maximum absolute atomic E-state index is 6.18. The molecular weight excluding hydrogens is 290 g/mol. The van der Waals surface area contributed by atoms with E-state index >= 15 is 0 Å². The lowest BCUT2D eigenvalue weighted by atomic mass is 9.77. The van der Waals surface area contributed by atoms with E-state index in [-0.39, 0.29) is 17.9 Å². The summed E-state index contributed by atoms with van der Waals surface area (Å²) in [4.78, 5) is 4.41. The molecule has 0 bridgehead atoms. The Morgan fingerprint density at radius 1 is 1.29 bits per heavy atom. The van der Waals surface area contributed by atoms with Gasteiger partial charge in [0.25, 0.3) is 0 Å². The molecule has 1 saturated carbocycles. The van der Waals surface area contributed by atoms with Gasteiger partial charge in [0.1, 0.15) is 6.54 Å². The van der Waals surface area contributed by atoms with Crippen molar-refractivity contribution < 1.29 is 4.52 Å². The van der Waals surface area contributed by atoms with Gasteiger partial charge in [0.15, 0.2) is 5.82 Å².